The fourth-order valence-electron chi connectivity index (χ4n) is 1.59. The van der Waals surface area contributed by atoms with Gasteiger partial charge in [0.2, 0.25) is 5.91 Å². The van der Waals surface area contributed by atoms with Gasteiger partial charge in [-0.05, 0) is 25.0 Å². The molecule has 1 aromatic rings. The smallest absolute Gasteiger partial charge is 0.261 e. The van der Waals surface area contributed by atoms with Crippen LogP contribution < -0.4 is 10.6 Å². The van der Waals surface area contributed by atoms with E-state index in [9.17, 15) is 9.59 Å². The Labute approximate surface area is 117 Å². The van der Waals surface area contributed by atoms with Crippen LogP contribution in [0.1, 0.15) is 27.0 Å². The molecule has 0 unspecified atom stereocenters. The summed E-state index contributed by atoms with van der Waals surface area (Å²) in [5.41, 5.74) is 1.13. The monoisotopic (exact) mass is 284 g/mol. The third kappa shape index (κ3) is 5.00. The minimum absolute atomic E-state index is 0.0129. The molecule has 2 N–H and O–H groups in total. The molecule has 0 aromatic carbocycles. The van der Waals surface area contributed by atoms with Gasteiger partial charge in [0.1, 0.15) is 0 Å². The van der Waals surface area contributed by atoms with Gasteiger partial charge in [-0.3, -0.25) is 9.59 Å². The molecule has 0 fully saturated rings. The van der Waals surface area contributed by atoms with Crippen LogP contribution in [-0.2, 0) is 16.0 Å². The second kappa shape index (κ2) is 7.91. The van der Waals surface area contributed by atoms with Gasteiger partial charge >= 0.3 is 0 Å². The Balaban J connectivity index is 2.40. The highest BCUT2D eigenvalue weighted by atomic mass is 32.1. The fraction of sp³-hybridized carbons (Fsp3) is 0.538. The molecule has 1 heterocycles. The lowest BCUT2D eigenvalue weighted by Crippen LogP contribution is -2.37. The quantitative estimate of drug-likeness (QED) is 0.737. The van der Waals surface area contributed by atoms with E-state index in [-0.39, 0.29) is 18.4 Å². The Morgan fingerprint density at radius 1 is 1.37 bits per heavy atom. The van der Waals surface area contributed by atoms with Crippen LogP contribution in [0.25, 0.3) is 0 Å². The highest BCUT2D eigenvalue weighted by molar-refractivity contribution is 7.14. The molecule has 1 aromatic heterocycles. The van der Waals surface area contributed by atoms with E-state index in [1.807, 2.05) is 13.0 Å². The molecule has 2 amide bonds. The third-order valence-corrected chi connectivity index (χ3v) is 3.98. The third-order valence-electron chi connectivity index (χ3n) is 2.60. The van der Waals surface area contributed by atoms with Gasteiger partial charge in [0.25, 0.3) is 5.91 Å². The average Bonchev–Trinajstić information content (AvgIpc) is 2.77. The van der Waals surface area contributed by atoms with Crippen molar-refractivity contribution in [3.05, 3.63) is 21.4 Å². The van der Waals surface area contributed by atoms with Crippen LogP contribution in [0, 0.1) is 6.92 Å². The number of amides is 2. The van der Waals surface area contributed by atoms with Crippen LogP contribution in [0.4, 0.5) is 0 Å². The molecular weight excluding hydrogens is 264 g/mol. The lowest BCUT2D eigenvalue weighted by Gasteiger charge is -2.05. The first-order chi connectivity index (χ1) is 9.08. The van der Waals surface area contributed by atoms with Crippen LogP contribution in [-0.4, -0.2) is 38.6 Å². The van der Waals surface area contributed by atoms with Gasteiger partial charge in [0.15, 0.2) is 0 Å². The van der Waals surface area contributed by atoms with Crippen LogP contribution in [0.2, 0.25) is 0 Å². The SMILES string of the molecule is CCc1sc(C(=O)NCC(=O)NCCOC)cc1C. The van der Waals surface area contributed by atoms with Crippen molar-refractivity contribution in [1.29, 1.82) is 0 Å². The van der Waals surface area contributed by atoms with Crippen LogP contribution in [0.5, 0.6) is 0 Å². The van der Waals surface area contributed by atoms with E-state index in [0.29, 0.717) is 18.0 Å². The van der Waals surface area contributed by atoms with Gasteiger partial charge in [-0.1, -0.05) is 6.92 Å². The molecule has 5 nitrogen and oxygen atoms in total. The lowest BCUT2D eigenvalue weighted by molar-refractivity contribution is -0.120. The van der Waals surface area contributed by atoms with E-state index < -0.39 is 0 Å². The van der Waals surface area contributed by atoms with Gasteiger partial charge in [0.05, 0.1) is 18.0 Å². The number of carbonyl (C=O) groups excluding carboxylic acids is 2. The molecule has 0 saturated carbocycles. The van der Waals surface area contributed by atoms with E-state index in [0.717, 1.165) is 12.0 Å². The topological polar surface area (TPSA) is 67.4 Å². The molecule has 0 spiro atoms. The summed E-state index contributed by atoms with van der Waals surface area (Å²) in [7, 11) is 1.57. The number of carbonyl (C=O) groups is 2. The molecule has 0 aliphatic carbocycles. The number of aryl methyl sites for hydroxylation is 2. The maximum absolute atomic E-state index is 11.9. The van der Waals surface area contributed by atoms with E-state index in [1.165, 1.54) is 16.2 Å². The van der Waals surface area contributed by atoms with Gasteiger partial charge in [0, 0.05) is 18.5 Å². The predicted octanol–water partition coefficient (Wildman–Crippen LogP) is 1.11. The van der Waals surface area contributed by atoms with Crippen molar-refractivity contribution in [3.63, 3.8) is 0 Å². The van der Waals surface area contributed by atoms with Crippen molar-refractivity contribution in [2.24, 2.45) is 0 Å². The predicted molar refractivity (Wildman–Crippen MR) is 75.7 cm³/mol. The van der Waals surface area contributed by atoms with Gasteiger partial charge in [-0.25, -0.2) is 0 Å². The molecule has 0 aliphatic heterocycles. The van der Waals surface area contributed by atoms with Crippen molar-refractivity contribution in [3.8, 4) is 0 Å². The zero-order chi connectivity index (χ0) is 14.3. The fourth-order valence-corrected chi connectivity index (χ4v) is 2.62. The Hall–Kier alpha value is -1.40. The second-order valence-electron chi connectivity index (χ2n) is 4.10. The summed E-state index contributed by atoms with van der Waals surface area (Å²) in [6.07, 6.45) is 0.918. The molecule has 6 heteroatoms. The minimum Gasteiger partial charge on any atom is -0.383 e. The number of hydrogen-bond acceptors (Lipinski definition) is 4. The molecule has 0 saturated heterocycles. The van der Waals surface area contributed by atoms with Crippen LogP contribution in [0.3, 0.4) is 0 Å². The molecule has 106 valence electrons. The Bertz CT molecular complexity index is 443. The minimum atomic E-state index is -0.214. The first-order valence-electron chi connectivity index (χ1n) is 6.21. The summed E-state index contributed by atoms with van der Waals surface area (Å²) in [4.78, 5) is 25.1. The summed E-state index contributed by atoms with van der Waals surface area (Å²) >= 11 is 1.48. The zero-order valence-corrected chi connectivity index (χ0v) is 12.4. The summed E-state index contributed by atoms with van der Waals surface area (Å²) in [6.45, 7) is 4.95. The van der Waals surface area contributed by atoms with Crippen molar-refractivity contribution in [1.82, 2.24) is 10.6 Å². The molecule has 1 rings (SSSR count). The van der Waals surface area contributed by atoms with Gasteiger partial charge in [-0.2, -0.15) is 0 Å². The summed E-state index contributed by atoms with van der Waals surface area (Å²) in [5.74, 6) is -0.413. The Kier molecular flexibility index (Phi) is 6.52. The first kappa shape index (κ1) is 15.7. The number of hydrogen-bond donors (Lipinski definition) is 2. The molecule has 0 atom stereocenters. The highest BCUT2D eigenvalue weighted by Gasteiger charge is 2.12. The molecule has 19 heavy (non-hydrogen) atoms. The van der Waals surface area contributed by atoms with E-state index in [4.69, 9.17) is 4.74 Å². The molecule has 0 radical (unpaired) electrons. The van der Waals surface area contributed by atoms with Crippen LogP contribution in [0.15, 0.2) is 6.07 Å². The van der Waals surface area contributed by atoms with Crippen molar-refractivity contribution >= 4 is 23.2 Å². The average molecular weight is 284 g/mol. The van der Waals surface area contributed by atoms with Gasteiger partial charge in [-0.15, -0.1) is 11.3 Å². The number of thiophene rings is 1. The first-order valence-corrected chi connectivity index (χ1v) is 7.03. The second-order valence-corrected chi connectivity index (χ2v) is 5.23. The summed E-state index contributed by atoms with van der Waals surface area (Å²) in [5, 5.41) is 5.25. The highest BCUT2D eigenvalue weighted by Crippen LogP contribution is 2.21. The van der Waals surface area contributed by atoms with E-state index in [1.54, 1.807) is 7.11 Å². The molecule has 0 bridgehead atoms. The summed E-state index contributed by atoms with van der Waals surface area (Å²) in [6, 6.07) is 1.86. The Morgan fingerprint density at radius 2 is 2.11 bits per heavy atom. The van der Waals surface area contributed by atoms with E-state index >= 15 is 0 Å². The number of ether oxygens (including phenoxy) is 1. The maximum Gasteiger partial charge on any atom is 0.261 e. The number of rotatable bonds is 7. The van der Waals surface area contributed by atoms with Crippen molar-refractivity contribution in [2.75, 3.05) is 26.8 Å². The van der Waals surface area contributed by atoms with Gasteiger partial charge < -0.3 is 15.4 Å². The summed E-state index contributed by atoms with van der Waals surface area (Å²) < 4.78 is 4.82. The largest absolute Gasteiger partial charge is 0.383 e. The lowest BCUT2D eigenvalue weighted by atomic mass is 10.2. The normalized spacial score (nSPS) is 10.3. The maximum atomic E-state index is 11.9. The van der Waals surface area contributed by atoms with E-state index in [2.05, 4.69) is 17.6 Å². The van der Waals surface area contributed by atoms with Crippen LogP contribution >= 0.6 is 11.3 Å². The van der Waals surface area contributed by atoms with Crippen molar-refractivity contribution in [2.45, 2.75) is 20.3 Å². The molecule has 0 aliphatic rings. The van der Waals surface area contributed by atoms with Crippen molar-refractivity contribution < 1.29 is 14.3 Å². The number of methoxy groups -OCH3 is 1. The Morgan fingerprint density at radius 3 is 2.68 bits per heavy atom. The number of nitrogens with one attached hydrogen (secondary N) is 2. The zero-order valence-electron chi connectivity index (χ0n) is 11.5. The standard InChI is InChI=1S/C13H20N2O3S/c1-4-10-9(2)7-11(19-10)13(17)15-8-12(16)14-5-6-18-3/h7H,4-6,8H2,1-3H3,(H,14,16)(H,15,17). The molecular formula is C13H20N2O3S.